The number of ether oxygens (including phenoxy) is 1. The Morgan fingerprint density at radius 3 is 2.26 bits per heavy atom. The topological polar surface area (TPSA) is 105 Å². The molecule has 0 saturated heterocycles. The number of nitrogens with one attached hydrogen (secondary N) is 2. The van der Waals surface area contributed by atoms with E-state index in [9.17, 15) is 19.5 Å². The van der Waals surface area contributed by atoms with E-state index in [-0.39, 0.29) is 36.8 Å². The lowest BCUT2D eigenvalue weighted by Gasteiger charge is -2.20. The second kappa shape index (κ2) is 10.7. The van der Waals surface area contributed by atoms with Crippen molar-refractivity contribution in [2.45, 2.75) is 38.5 Å². The predicted molar refractivity (Wildman–Crippen MR) is 128 cm³/mol. The molecule has 0 bridgehead atoms. The minimum atomic E-state index is -0.791. The lowest BCUT2D eigenvalue weighted by molar-refractivity contribution is -0.143. The average Bonchev–Trinajstić information content (AvgIpc) is 3.45. The first-order chi connectivity index (χ1) is 16.5. The van der Waals surface area contributed by atoms with Crippen molar-refractivity contribution >= 4 is 18.0 Å². The minimum absolute atomic E-state index is 0.0167. The largest absolute Gasteiger partial charge is 0.481 e. The monoisotopic (exact) mass is 464 g/mol. The quantitative estimate of drug-likeness (QED) is 0.517. The third-order valence-electron chi connectivity index (χ3n) is 7.21. The Labute approximate surface area is 199 Å². The predicted octanol–water partition coefficient (Wildman–Crippen LogP) is 4.17. The summed E-state index contributed by atoms with van der Waals surface area (Å²) in [7, 11) is 0. The van der Waals surface area contributed by atoms with Gasteiger partial charge in [-0.15, -0.1) is 0 Å². The molecule has 0 spiro atoms. The Morgan fingerprint density at radius 1 is 1.00 bits per heavy atom. The summed E-state index contributed by atoms with van der Waals surface area (Å²) >= 11 is 0. The highest BCUT2D eigenvalue weighted by molar-refractivity contribution is 5.80. The number of alkyl carbamates (subject to hydrolysis) is 1. The van der Waals surface area contributed by atoms with Crippen molar-refractivity contribution < 1.29 is 24.2 Å². The summed E-state index contributed by atoms with van der Waals surface area (Å²) in [5.41, 5.74) is 4.63. The number of carbonyl (C=O) groups excluding carboxylic acids is 2. The van der Waals surface area contributed by atoms with Crippen LogP contribution in [0.5, 0.6) is 0 Å². The summed E-state index contributed by atoms with van der Waals surface area (Å²) in [6.07, 6.45) is 2.36. The highest BCUT2D eigenvalue weighted by Crippen LogP contribution is 2.44. The number of carboxylic acids is 1. The summed E-state index contributed by atoms with van der Waals surface area (Å²) < 4.78 is 5.55. The molecule has 2 aliphatic rings. The van der Waals surface area contributed by atoms with Crippen LogP contribution in [0.4, 0.5) is 4.79 Å². The van der Waals surface area contributed by atoms with Gasteiger partial charge in [0.2, 0.25) is 5.91 Å². The SMILES string of the molecule is CCC(CNC(=O)OCC1c2ccccc2-c2ccccc21)C(=O)NCC1CCCC1C(=O)O. The molecular weight excluding hydrogens is 432 g/mol. The lowest BCUT2D eigenvalue weighted by Crippen LogP contribution is -2.41. The van der Waals surface area contributed by atoms with Gasteiger partial charge in [0, 0.05) is 19.0 Å². The van der Waals surface area contributed by atoms with Crippen LogP contribution < -0.4 is 10.6 Å². The van der Waals surface area contributed by atoms with E-state index >= 15 is 0 Å². The van der Waals surface area contributed by atoms with Crippen molar-refractivity contribution in [3.05, 3.63) is 59.7 Å². The fourth-order valence-corrected chi connectivity index (χ4v) is 5.26. The fraction of sp³-hybridized carbons (Fsp3) is 0.444. The van der Waals surface area contributed by atoms with Crippen molar-refractivity contribution in [3.8, 4) is 11.1 Å². The van der Waals surface area contributed by atoms with E-state index in [1.807, 2.05) is 31.2 Å². The second-order valence-corrected chi connectivity index (χ2v) is 9.19. The van der Waals surface area contributed by atoms with Gasteiger partial charge in [-0.05, 0) is 47.4 Å². The molecule has 2 aromatic rings. The van der Waals surface area contributed by atoms with Gasteiger partial charge in [0.05, 0.1) is 11.8 Å². The third-order valence-corrected chi connectivity index (χ3v) is 7.21. The molecule has 0 aliphatic heterocycles. The normalized spacial score (nSPS) is 19.7. The van der Waals surface area contributed by atoms with Gasteiger partial charge < -0.3 is 20.5 Å². The Hall–Kier alpha value is -3.35. The Bertz CT molecular complexity index is 1010. The van der Waals surface area contributed by atoms with E-state index in [1.165, 1.54) is 11.1 Å². The third kappa shape index (κ3) is 5.08. The molecule has 2 aromatic carbocycles. The molecule has 3 atom stereocenters. The Kier molecular flexibility index (Phi) is 7.50. The summed E-state index contributed by atoms with van der Waals surface area (Å²) in [5, 5.41) is 14.9. The van der Waals surface area contributed by atoms with E-state index in [0.29, 0.717) is 19.4 Å². The van der Waals surface area contributed by atoms with Gasteiger partial charge in [-0.25, -0.2) is 4.79 Å². The van der Waals surface area contributed by atoms with Crippen LogP contribution in [0.3, 0.4) is 0 Å². The summed E-state index contributed by atoms with van der Waals surface area (Å²) in [6.45, 7) is 2.64. The standard InChI is InChI=1S/C27H32N2O5/c1-2-17(25(30)28-15-18-8-7-13-19(18)26(31)32)14-29-27(33)34-16-24-22-11-5-3-9-20(22)21-10-4-6-12-23(21)24/h3-6,9-12,17-19,24H,2,7-8,13-16H2,1H3,(H,28,30)(H,29,33)(H,31,32). The highest BCUT2D eigenvalue weighted by atomic mass is 16.5. The van der Waals surface area contributed by atoms with Crippen molar-refractivity contribution in [2.75, 3.05) is 19.7 Å². The van der Waals surface area contributed by atoms with E-state index in [0.717, 1.165) is 24.0 Å². The molecule has 7 nitrogen and oxygen atoms in total. The number of carboxylic acid groups (broad SMARTS) is 1. The van der Waals surface area contributed by atoms with Gasteiger partial charge in [0.1, 0.15) is 6.61 Å². The fourth-order valence-electron chi connectivity index (χ4n) is 5.26. The number of benzene rings is 2. The van der Waals surface area contributed by atoms with Crippen LogP contribution in [0, 0.1) is 17.8 Å². The number of hydrogen-bond donors (Lipinski definition) is 3. The average molecular weight is 465 g/mol. The smallest absolute Gasteiger partial charge is 0.407 e. The molecule has 1 saturated carbocycles. The van der Waals surface area contributed by atoms with E-state index in [2.05, 4.69) is 34.9 Å². The zero-order chi connectivity index (χ0) is 24.1. The van der Waals surface area contributed by atoms with Crippen LogP contribution in [-0.2, 0) is 14.3 Å². The molecule has 180 valence electrons. The molecular formula is C27H32N2O5. The van der Waals surface area contributed by atoms with Crippen LogP contribution in [0.2, 0.25) is 0 Å². The van der Waals surface area contributed by atoms with Gasteiger partial charge in [0.15, 0.2) is 0 Å². The molecule has 2 amide bonds. The molecule has 0 aromatic heterocycles. The van der Waals surface area contributed by atoms with Crippen LogP contribution in [0.15, 0.2) is 48.5 Å². The highest BCUT2D eigenvalue weighted by Gasteiger charge is 2.33. The maximum atomic E-state index is 12.6. The molecule has 2 aliphatic carbocycles. The van der Waals surface area contributed by atoms with Gasteiger partial charge in [-0.1, -0.05) is 61.9 Å². The lowest BCUT2D eigenvalue weighted by atomic mass is 9.96. The maximum Gasteiger partial charge on any atom is 0.407 e. The summed E-state index contributed by atoms with van der Waals surface area (Å²) in [5.74, 6) is -1.80. The van der Waals surface area contributed by atoms with Crippen molar-refractivity contribution in [1.29, 1.82) is 0 Å². The number of rotatable bonds is 9. The first kappa shape index (κ1) is 23.8. The molecule has 4 rings (SSSR count). The van der Waals surface area contributed by atoms with Crippen LogP contribution in [-0.4, -0.2) is 42.8 Å². The van der Waals surface area contributed by atoms with E-state index in [1.54, 1.807) is 0 Å². The van der Waals surface area contributed by atoms with Gasteiger partial charge in [-0.2, -0.15) is 0 Å². The van der Waals surface area contributed by atoms with Gasteiger partial charge in [-0.3, -0.25) is 9.59 Å². The Morgan fingerprint density at radius 2 is 1.65 bits per heavy atom. The number of hydrogen-bond acceptors (Lipinski definition) is 4. The van der Waals surface area contributed by atoms with Crippen molar-refractivity contribution in [2.24, 2.45) is 17.8 Å². The minimum Gasteiger partial charge on any atom is -0.481 e. The second-order valence-electron chi connectivity index (χ2n) is 9.19. The van der Waals surface area contributed by atoms with Crippen molar-refractivity contribution in [1.82, 2.24) is 10.6 Å². The number of carbonyl (C=O) groups is 3. The molecule has 0 radical (unpaired) electrons. The molecule has 0 heterocycles. The maximum absolute atomic E-state index is 12.6. The Balaban J connectivity index is 1.26. The van der Waals surface area contributed by atoms with Crippen LogP contribution >= 0.6 is 0 Å². The van der Waals surface area contributed by atoms with Gasteiger partial charge >= 0.3 is 12.1 Å². The number of fused-ring (bicyclic) bond motifs is 3. The van der Waals surface area contributed by atoms with Crippen molar-refractivity contribution in [3.63, 3.8) is 0 Å². The molecule has 7 heteroatoms. The first-order valence-electron chi connectivity index (χ1n) is 12.1. The zero-order valence-corrected chi connectivity index (χ0v) is 19.5. The zero-order valence-electron chi connectivity index (χ0n) is 19.5. The first-order valence-corrected chi connectivity index (χ1v) is 12.1. The van der Waals surface area contributed by atoms with Crippen LogP contribution in [0.1, 0.15) is 49.7 Å². The van der Waals surface area contributed by atoms with E-state index in [4.69, 9.17) is 4.74 Å². The molecule has 3 N–H and O–H groups in total. The molecule has 1 fully saturated rings. The number of aliphatic carboxylic acids is 1. The van der Waals surface area contributed by atoms with E-state index < -0.39 is 18.0 Å². The number of amides is 2. The molecule has 3 unspecified atom stereocenters. The van der Waals surface area contributed by atoms with Crippen LogP contribution in [0.25, 0.3) is 11.1 Å². The van der Waals surface area contributed by atoms with Gasteiger partial charge in [0.25, 0.3) is 0 Å². The molecule has 34 heavy (non-hydrogen) atoms. The summed E-state index contributed by atoms with van der Waals surface area (Å²) in [4.78, 5) is 36.4. The summed E-state index contributed by atoms with van der Waals surface area (Å²) in [6, 6.07) is 16.3.